The second-order valence-corrected chi connectivity index (χ2v) is 7.25. The van der Waals surface area contributed by atoms with Gasteiger partial charge in [0, 0.05) is 5.56 Å². The second kappa shape index (κ2) is 12.4. The van der Waals surface area contributed by atoms with E-state index < -0.39 is 6.10 Å². The predicted molar refractivity (Wildman–Crippen MR) is 111 cm³/mol. The van der Waals surface area contributed by atoms with E-state index >= 15 is 0 Å². The molecule has 27 heavy (non-hydrogen) atoms. The Labute approximate surface area is 164 Å². The molecule has 0 aromatic heterocycles. The standard InChI is InChI=1S/C24H34O3/c1-2-3-4-5-6-7-8-9-12-20-15-17-21(18-16-20)27-19-24(26)22-13-10-11-14-23(22)25/h10-11,13-18,24-26H,2-9,12,19H2,1H3. The minimum absolute atomic E-state index is 0.0920. The molecule has 0 fully saturated rings. The number of aryl methyl sites for hydroxylation is 1. The second-order valence-electron chi connectivity index (χ2n) is 7.25. The van der Waals surface area contributed by atoms with Crippen molar-refractivity contribution in [2.24, 2.45) is 0 Å². The lowest BCUT2D eigenvalue weighted by atomic mass is 10.0. The maximum atomic E-state index is 10.2. The van der Waals surface area contributed by atoms with Gasteiger partial charge < -0.3 is 14.9 Å². The van der Waals surface area contributed by atoms with Crippen molar-refractivity contribution in [3.63, 3.8) is 0 Å². The van der Waals surface area contributed by atoms with E-state index in [1.165, 1.54) is 56.9 Å². The molecule has 2 N–H and O–H groups in total. The Morgan fingerprint density at radius 2 is 1.44 bits per heavy atom. The fourth-order valence-electron chi connectivity index (χ4n) is 3.25. The third kappa shape index (κ3) is 8.04. The maximum Gasteiger partial charge on any atom is 0.121 e. The molecular formula is C24H34O3. The van der Waals surface area contributed by atoms with Crippen molar-refractivity contribution >= 4 is 0 Å². The number of hydrogen-bond acceptors (Lipinski definition) is 3. The van der Waals surface area contributed by atoms with Gasteiger partial charge in [-0.2, -0.15) is 0 Å². The van der Waals surface area contributed by atoms with E-state index in [2.05, 4.69) is 19.1 Å². The number of phenols is 1. The molecule has 0 aliphatic rings. The molecule has 0 aliphatic heterocycles. The van der Waals surface area contributed by atoms with E-state index in [1.54, 1.807) is 24.3 Å². The van der Waals surface area contributed by atoms with Gasteiger partial charge in [-0.05, 0) is 36.6 Å². The van der Waals surface area contributed by atoms with Crippen LogP contribution in [0, 0.1) is 0 Å². The third-order valence-corrected chi connectivity index (χ3v) is 4.95. The third-order valence-electron chi connectivity index (χ3n) is 4.95. The topological polar surface area (TPSA) is 49.7 Å². The first-order chi connectivity index (χ1) is 13.2. The van der Waals surface area contributed by atoms with Crippen molar-refractivity contribution in [3.8, 4) is 11.5 Å². The summed E-state index contributed by atoms with van der Waals surface area (Å²) in [6.45, 7) is 2.38. The first-order valence-corrected chi connectivity index (χ1v) is 10.4. The summed E-state index contributed by atoms with van der Waals surface area (Å²) in [6, 6.07) is 14.9. The SMILES string of the molecule is CCCCCCCCCCc1ccc(OCC(O)c2ccccc2O)cc1. The van der Waals surface area contributed by atoms with Crippen molar-refractivity contribution < 1.29 is 14.9 Å². The van der Waals surface area contributed by atoms with E-state index in [-0.39, 0.29) is 12.4 Å². The van der Waals surface area contributed by atoms with Crippen molar-refractivity contribution in [1.29, 1.82) is 0 Å². The number of benzene rings is 2. The molecule has 0 heterocycles. The van der Waals surface area contributed by atoms with E-state index in [0.29, 0.717) is 5.56 Å². The monoisotopic (exact) mass is 370 g/mol. The lowest BCUT2D eigenvalue weighted by Crippen LogP contribution is -2.09. The maximum absolute atomic E-state index is 10.2. The molecule has 0 radical (unpaired) electrons. The molecule has 3 heteroatoms. The molecule has 3 nitrogen and oxygen atoms in total. The number of ether oxygens (including phenoxy) is 1. The highest BCUT2D eigenvalue weighted by atomic mass is 16.5. The van der Waals surface area contributed by atoms with Crippen LogP contribution in [-0.2, 0) is 6.42 Å². The Morgan fingerprint density at radius 1 is 0.815 bits per heavy atom. The van der Waals surface area contributed by atoms with Crippen LogP contribution in [-0.4, -0.2) is 16.8 Å². The molecular weight excluding hydrogens is 336 g/mol. The van der Waals surface area contributed by atoms with Gasteiger partial charge in [0.15, 0.2) is 0 Å². The molecule has 0 spiro atoms. The number of rotatable bonds is 13. The van der Waals surface area contributed by atoms with Crippen molar-refractivity contribution in [1.82, 2.24) is 0 Å². The van der Waals surface area contributed by atoms with Crippen LogP contribution >= 0.6 is 0 Å². The minimum atomic E-state index is -0.844. The summed E-state index contributed by atoms with van der Waals surface area (Å²) in [5.74, 6) is 0.832. The zero-order chi connectivity index (χ0) is 19.3. The van der Waals surface area contributed by atoms with E-state index in [9.17, 15) is 10.2 Å². The van der Waals surface area contributed by atoms with Gasteiger partial charge in [0.05, 0.1) is 0 Å². The average molecular weight is 371 g/mol. The highest BCUT2D eigenvalue weighted by Gasteiger charge is 2.12. The number of unbranched alkanes of at least 4 members (excludes halogenated alkanes) is 7. The van der Waals surface area contributed by atoms with Gasteiger partial charge in [0.2, 0.25) is 0 Å². The Balaban J connectivity index is 1.64. The van der Waals surface area contributed by atoms with Crippen LogP contribution < -0.4 is 4.74 Å². The summed E-state index contributed by atoms with van der Waals surface area (Å²) in [7, 11) is 0. The highest BCUT2D eigenvalue weighted by molar-refractivity contribution is 5.34. The quantitative estimate of drug-likeness (QED) is 0.413. The molecule has 148 valence electrons. The summed E-state index contributed by atoms with van der Waals surface area (Å²) >= 11 is 0. The van der Waals surface area contributed by atoms with Crippen LogP contribution in [0.5, 0.6) is 11.5 Å². The summed E-state index contributed by atoms with van der Waals surface area (Å²) in [4.78, 5) is 0. The Bertz CT molecular complexity index is 636. The van der Waals surface area contributed by atoms with Gasteiger partial charge >= 0.3 is 0 Å². The molecule has 0 aliphatic carbocycles. The number of aliphatic hydroxyl groups is 1. The molecule has 0 saturated heterocycles. The van der Waals surface area contributed by atoms with Gasteiger partial charge in [0.25, 0.3) is 0 Å². The average Bonchev–Trinajstić information content (AvgIpc) is 2.69. The van der Waals surface area contributed by atoms with Gasteiger partial charge in [-0.25, -0.2) is 0 Å². The molecule has 0 bridgehead atoms. The molecule has 0 amide bonds. The molecule has 2 aromatic rings. The molecule has 2 rings (SSSR count). The number of para-hydroxylation sites is 1. The van der Waals surface area contributed by atoms with Crippen molar-refractivity contribution in [2.75, 3.05) is 6.61 Å². The predicted octanol–water partition coefficient (Wildman–Crippen LogP) is 6.19. The van der Waals surface area contributed by atoms with Gasteiger partial charge in [0.1, 0.15) is 24.2 Å². The van der Waals surface area contributed by atoms with Crippen LogP contribution in [0.3, 0.4) is 0 Å². The van der Waals surface area contributed by atoms with Gasteiger partial charge in [-0.15, -0.1) is 0 Å². The van der Waals surface area contributed by atoms with Gasteiger partial charge in [-0.1, -0.05) is 82.2 Å². The first kappa shape index (κ1) is 21.3. The van der Waals surface area contributed by atoms with E-state index in [0.717, 1.165) is 12.2 Å². The summed E-state index contributed by atoms with van der Waals surface area (Å²) in [6.07, 6.45) is 11.0. The summed E-state index contributed by atoms with van der Waals surface area (Å²) in [5, 5.41) is 19.9. The lowest BCUT2D eigenvalue weighted by molar-refractivity contribution is 0.106. The Hall–Kier alpha value is -2.00. The largest absolute Gasteiger partial charge is 0.508 e. The smallest absolute Gasteiger partial charge is 0.121 e. The van der Waals surface area contributed by atoms with Crippen LogP contribution in [0.4, 0.5) is 0 Å². The van der Waals surface area contributed by atoms with Crippen LogP contribution in [0.15, 0.2) is 48.5 Å². The normalized spacial score (nSPS) is 12.1. The molecule has 2 aromatic carbocycles. The van der Waals surface area contributed by atoms with Crippen molar-refractivity contribution in [3.05, 3.63) is 59.7 Å². The van der Waals surface area contributed by atoms with Gasteiger partial charge in [-0.3, -0.25) is 0 Å². The number of phenolic OH excluding ortho intramolecular Hbond substituents is 1. The van der Waals surface area contributed by atoms with Crippen molar-refractivity contribution in [2.45, 2.75) is 70.8 Å². The molecule has 0 saturated carbocycles. The fourth-order valence-corrected chi connectivity index (χ4v) is 3.25. The van der Waals surface area contributed by atoms with E-state index in [4.69, 9.17) is 4.74 Å². The number of aromatic hydroxyl groups is 1. The van der Waals surface area contributed by atoms with Crippen LogP contribution in [0.2, 0.25) is 0 Å². The minimum Gasteiger partial charge on any atom is -0.508 e. The highest BCUT2D eigenvalue weighted by Crippen LogP contribution is 2.24. The zero-order valence-electron chi connectivity index (χ0n) is 16.6. The number of hydrogen-bond donors (Lipinski definition) is 2. The Morgan fingerprint density at radius 3 is 2.11 bits per heavy atom. The molecule has 1 atom stereocenters. The Kier molecular flexibility index (Phi) is 9.78. The van der Waals surface area contributed by atoms with E-state index in [1.807, 2.05) is 12.1 Å². The van der Waals surface area contributed by atoms with Crippen LogP contribution in [0.1, 0.15) is 75.5 Å². The van der Waals surface area contributed by atoms with Crippen LogP contribution in [0.25, 0.3) is 0 Å². The lowest BCUT2D eigenvalue weighted by Gasteiger charge is -2.14. The first-order valence-electron chi connectivity index (χ1n) is 10.4. The summed E-state index contributed by atoms with van der Waals surface area (Å²) in [5.41, 5.74) is 1.82. The number of aliphatic hydroxyl groups excluding tert-OH is 1. The zero-order valence-corrected chi connectivity index (χ0v) is 16.6. The fraction of sp³-hybridized carbons (Fsp3) is 0.500. The summed E-state index contributed by atoms with van der Waals surface area (Å²) < 4.78 is 5.66. The molecule has 1 unspecified atom stereocenters.